The number of hydrogen-bond acceptors (Lipinski definition) is 28. The molecule has 1 unspecified atom stereocenters. The smallest absolute Gasteiger partial charge is 0.418 e. The number of fused-ring (bicyclic) bond motifs is 6. The normalized spacial score (nSPS) is 25.7. The number of alkyl halides is 3. The number of aliphatic hydroxyl groups is 2. The summed E-state index contributed by atoms with van der Waals surface area (Å²) in [6.07, 6.45) is 16.7. The van der Waals surface area contributed by atoms with Crippen molar-refractivity contribution in [2.24, 2.45) is 42.6 Å². The number of anilines is 1. The van der Waals surface area contributed by atoms with Gasteiger partial charge in [-0.25, -0.2) is 14.3 Å². The number of allylic oxidation sites excluding steroid dienone is 7. The van der Waals surface area contributed by atoms with E-state index in [-0.39, 0.29) is 130 Å². The molecular weight excluding hydrogens is 1850 g/mol. The molecule has 2 amide bonds. The van der Waals surface area contributed by atoms with E-state index < -0.39 is 89.1 Å². The number of rotatable bonds is 42. The van der Waals surface area contributed by atoms with E-state index in [4.69, 9.17) is 66.0 Å². The van der Waals surface area contributed by atoms with E-state index in [2.05, 4.69) is 20.3 Å². The number of carbonyl (C=O) groups excluding carboxylic acids is 6. The monoisotopic (exact) mass is 2000 g/mol. The Labute approximate surface area is 835 Å². The number of esters is 1. The van der Waals surface area contributed by atoms with Gasteiger partial charge in [0.25, 0.3) is 11.7 Å². The Morgan fingerprint density at radius 2 is 1.36 bits per heavy atom. The van der Waals surface area contributed by atoms with Gasteiger partial charge in [0.2, 0.25) is 11.7 Å². The van der Waals surface area contributed by atoms with Crippen molar-refractivity contribution in [3.05, 3.63) is 166 Å². The molecule has 2 aromatic carbocycles. The van der Waals surface area contributed by atoms with Crippen LogP contribution < -0.4 is 10.6 Å². The zero-order valence-corrected chi connectivity index (χ0v) is 84.8. The number of hydrogen-bond donors (Lipinski definition) is 2. The number of halogens is 3. The number of piperidine rings is 1. The van der Waals surface area contributed by atoms with Crippen LogP contribution in [0.25, 0.3) is 38.8 Å². The number of ketones is 3. The van der Waals surface area contributed by atoms with Gasteiger partial charge >= 0.3 is 17.8 Å². The molecular formula is C107H147F3N10O23. The van der Waals surface area contributed by atoms with E-state index in [1.807, 2.05) is 108 Å². The van der Waals surface area contributed by atoms with Gasteiger partial charge in [-0.3, -0.25) is 43.1 Å². The second-order valence-corrected chi connectivity index (χ2v) is 38.5. The van der Waals surface area contributed by atoms with E-state index in [0.717, 1.165) is 59.8 Å². The van der Waals surface area contributed by atoms with Crippen LogP contribution in [0.4, 0.5) is 18.9 Å². The fourth-order valence-corrected chi connectivity index (χ4v) is 19.6. The molecule has 5 aromatic heterocycles. The van der Waals surface area contributed by atoms with Crippen molar-refractivity contribution in [1.82, 2.24) is 43.9 Å². The zero-order valence-electron chi connectivity index (χ0n) is 84.8. The first kappa shape index (κ1) is 112. The van der Waals surface area contributed by atoms with E-state index in [1.165, 1.54) is 33.3 Å². The van der Waals surface area contributed by atoms with E-state index in [9.17, 15) is 43.8 Å². The van der Waals surface area contributed by atoms with Gasteiger partial charge in [-0.05, 0) is 188 Å². The largest absolute Gasteiger partial charge is 0.469 e. The number of unbranched alkanes of at least 4 members (excludes halogenated alkanes) is 1. The van der Waals surface area contributed by atoms with E-state index in [0.29, 0.717) is 197 Å². The molecule has 2 bridgehead atoms. The molecule has 15 atom stereocenters. The summed E-state index contributed by atoms with van der Waals surface area (Å²) in [5, 5.41) is 33.3. The Bertz CT molecular complexity index is 5420. The molecule has 4 aliphatic heterocycles. The Balaban J connectivity index is 0.477. The third-order valence-corrected chi connectivity index (χ3v) is 28.0. The fraction of sp³-hybridized carbons (Fsp3) is 0.617. The zero-order chi connectivity index (χ0) is 102. The minimum atomic E-state index is -4.75. The predicted molar refractivity (Wildman–Crippen MR) is 529 cm³/mol. The lowest BCUT2D eigenvalue weighted by atomic mass is 9.78. The van der Waals surface area contributed by atoms with Crippen molar-refractivity contribution >= 4 is 62.8 Å². The van der Waals surface area contributed by atoms with Crippen LogP contribution in [0, 0.1) is 42.4 Å². The summed E-state index contributed by atoms with van der Waals surface area (Å²) in [5.74, 6) is -8.13. The van der Waals surface area contributed by atoms with Crippen molar-refractivity contribution in [3.8, 4) is 16.8 Å². The molecule has 33 nitrogen and oxygen atoms in total. The Morgan fingerprint density at radius 1 is 0.678 bits per heavy atom. The topological polar surface area (TPSA) is 369 Å². The number of cyclic esters (lactones) is 1. The van der Waals surface area contributed by atoms with Gasteiger partial charge < -0.3 is 90.9 Å². The molecule has 9 heterocycles. The fourth-order valence-electron chi connectivity index (χ4n) is 19.6. The van der Waals surface area contributed by atoms with Gasteiger partial charge in [-0.2, -0.15) is 13.2 Å². The number of pyridine rings is 2. The van der Waals surface area contributed by atoms with Gasteiger partial charge in [0.05, 0.1) is 183 Å². The van der Waals surface area contributed by atoms with Crippen molar-refractivity contribution < 1.29 is 118 Å². The summed E-state index contributed by atoms with van der Waals surface area (Å²) < 4.78 is 132. The molecule has 784 valence electrons. The standard InChI is InChI=1S/C107H147F3N10O23/c1-71-20-13-12-14-21-72(2)85(93-24-19-43-140-93)66-84-31-25-77(7)106(129,143-84)102(125)103(126)119-36-17-15-23-90(119)104(127)142-95(67-92(121)73(3)61-76(6)100(124)101(131-11)99(123)75(5)60-71)74(4)62-79-27-34-94(96(63-79)130-10)141-42-18-16-22-82-70-118(114-113-82)41-45-133-47-49-135-51-53-137-55-57-139-59-58-138-56-54-136-52-50-134-48-46-132-44-35-97(122)117-39-37-116(38-40-117)89-33-30-83(65-87(89)107(108,109)110)120-98-86-64-80(81-28-26-78(8)111-68-81)29-32-88(86)112-69-91(98)115(9)105(120)128/h12-14,19-21,24,26,28-30,32-33,43,61,64-65,68-71,73-75,77,79,84-85,90,94-96,100-101,124,129H,15-18,22-23,25,27,31,34-42,44-60,62-63,66-67H2,1-11H3/b14-12+,20-13+,72-21+,76-61+/t71-,73-,74-,75-,77-,79+,84+,85+,90+,94-,95?,96-,100-,101+,106-/m1/s1. The van der Waals surface area contributed by atoms with Crippen LogP contribution >= 0.6 is 0 Å². The lowest BCUT2D eigenvalue weighted by Crippen LogP contribution is -2.60. The van der Waals surface area contributed by atoms with E-state index in [1.54, 1.807) is 80.2 Å². The number of ether oxygens (including phenoxy) is 13. The number of benzene rings is 2. The van der Waals surface area contributed by atoms with Gasteiger partial charge in [-0.1, -0.05) is 94.0 Å². The SMILES string of the molecule is CO[C@@H]1C[C@H](C[C@@H](C)C2CC(=O)[C@H](C)/C=C(\C)[C@@H](O)[C@@H](OC)C(=O)[C@H](C)C[C@H](C)/C=C/C=C/C=C(\C)[C@@H](c3ccco3)C[C@@H]3CC[C@@H](C)[C@@](O)(O3)C(=O)C(=O)N3CCCC[C@H]3C(=O)O2)CC[C@H]1OCCCCc1cn(CCOCCOCCOCCOCCOCCOCCOCCOCCC(=O)N2CCN(c3ccc(-n4c(=O)n(C)c5cnc6ccc(-c7ccc(C)nc7)cc6c54)cc3C(F)(F)F)CC2)nn1. The minimum absolute atomic E-state index is 0.0208. The molecule has 7 aromatic rings. The molecule has 5 aliphatic rings. The van der Waals surface area contributed by atoms with Crippen molar-refractivity contribution in [1.29, 1.82) is 0 Å². The van der Waals surface area contributed by atoms with Crippen LogP contribution in [0.2, 0.25) is 0 Å². The first-order chi connectivity index (χ1) is 68.9. The number of methoxy groups -OCH3 is 2. The Morgan fingerprint density at radius 3 is 2.01 bits per heavy atom. The second kappa shape index (κ2) is 55.6. The number of aryl methyl sites for hydroxylation is 3. The molecule has 4 fully saturated rings. The quantitative estimate of drug-likeness (QED) is 0.0155. The second-order valence-electron chi connectivity index (χ2n) is 38.5. The number of furan rings is 1. The average molecular weight is 2000 g/mol. The highest BCUT2D eigenvalue weighted by Gasteiger charge is 2.54. The van der Waals surface area contributed by atoms with Crippen molar-refractivity contribution in [3.63, 3.8) is 0 Å². The van der Waals surface area contributed by atoms with Gasteiger partial charge in [-0.15, -0.1) is 5.10 Å². The molecule has 0 spiro atoms. The molecule has 2 N–H and O–H groups in total. The molecule has 0 radical (unpaired) electrons. The molecule has 1 aliphatic carbocycles. The maximum absolute atomic E-state index is 15.0. The van der Waals surface area contributed by atoms with Crippen molar-refractivity contribution in [2.75, 3.05) is 164 Å². The predicted octanol–water partition coefficient (Wildman–Crippen LogP) is 13.6. The third kappa shape index (κ3) is 31.6. The number of aliphatic hydroxyl groups excluding tert-OH is 1. The molecule has 143 heavy (non-hydrogen) atoms. The van der Waals surface area contributed by atoms with Crippen molar-refractivity contribution in [2.45, 2.75) is 225 Å². The first-order valence-corrected chi connectivity index (χ1v) is 50.7. The maximum Gasteiger partial charge on any atom is 0.418 e. The number of piperazine rings is 1. The first-order valence-electron chi connectivity index (χ1n) is 50.7. The van der Waals surface area contributed by atoms with Crippen LogP contribution in [-0.4, -0.2) is 297 Å². The molecule has 3 saturated heterocycles. The summed E-state index contributed by atoms with van der Waals surface area (Å²) in [6.45, 7) is 22.4. The summed E-state index contributed by atoms with van der Waals surface area (Å²) in [6, 6.07) is 15.9. The maximum atomic E-state index is 15.0. The van der Waals surface area contributed by atoms with Gasteiger partial charge in [0.15, 0.2) is 5.78 Å². The summed E-state index contributed by atoms with van der Waals surface area (Å²) in [4.78, 5) is 113. The lowest BCUT2D eigenvalue weighted by Gasteiger charge is -2.42. The lowest BCUT2D eigenvalue weighted by molar-refractivity contribution is -0.264. The Hall–Kier alpha value is -9.90. The number of amides is 2. The Kier molecular flexibility index (Phi) is 43.5. The summed E-state index contributed by atoms with van der Waals surface area (Å²) in [5.41, 5.74) is 4.77. The summed E-state index contributed by atoms with van der Waals surface area (Å²) >= 11 is 0. The highest BCUT2D eigenvalue weighted by Crippen LogP contribution is 2.44. The highest BCUT2D eigenvalue weighted by molar-refractivity contribution is 6.39. The molecule has 1 saturated carbocycles. The van der Waals surface area contributed by atoms with Crippen LogP contribution in [-0.2, 0) is 117 Å². The minimum Gasteiger partial charge on any atom is -0.469 e. The third-order valence-electron chi connectivity index (χ3n) is 28.0. The average Bonchev–Trinajstić information content (AvgIpc) is 1.58. The van der Waals surface area contributed by atoms with E-state index >= 15 is 13.2 Å². The number of nitrogens with zero attached hydrogens (tertiary/aromatic N) is 10. The molecule has 36 heteroatoms. The summed E-state index contributed by atoms with van der Waals surface area (Å²) in [7, 11) is 4.63. The van der Waals surface area contributed by atoms with Gasteiger partial charge in [0, 0.05) is 125 Å². The van der Waals surface area contributed by atoms with Crippen LogP contribution in [0.3, 0.4) is 0 Å². The number of aromatic nitrogens is 7. The number of Topliss-reactive ketones (excluding diaryl/α,β-unsaturated/α-hetero) is 3. The van der Waals surface area contributed by atoms with Crippen LogP contribution in [0.1, 0.15) is 173 Å². The number of carbonyl (C=O) groups is 6. The van der Waals surface area contributed by atoms with Crippen LogP contribution in [0.15, 0.2) is 142 Å². The molecule has 12 rings (SSSR count). The number of imidazole rings is 1. The highest BCUT2D eigenvalue weighted by atomic mass is 19.4. The van der Waals surface area contributed by atoms with Gasteiger partial charge in [0.1, 0.15) is 35.9 Å². The van der Waals surface area contributed by atoms with Crippen LogP contribution in [0.5, 0.6) is 0 Å².